The van der Waals surface area contributed by atoms with Crippen molar-refractivity contribution in [3.8, 4) is 0 Å². The molecule has 0 aliphatic carbocycles. The van der Waals surface area contributed by atoms with Crippen LogP contribution in [0.2, 0.25) is 19.6 Å². The molecule has 0 N–H and O–H groups in total. The minimum atomic E-state index is -1.00. The molecule has 19 heavy (non-hydrogen) atoms. The summed E-state index contributed by atoms with van der Waals surface area (Å²) in [6.07, 6.45) is 4.33. The molecule has 0 unspecified atom stereocenters. The van der Waals surface area contributed by atoms with Gasteiger partial charge in [-0.25, -0.2) is 0 Å². The number of benzene rings is 2. The van der Waals surface area contributed by atoms with Crippen LogP contribution in [0.25, 0.3) is 12.2 Å². The lowest BCUT2D eigenvalue weighted by Crippen LogP contribution is -2.23. The highest BCUT2D eigenvalue weighted by atomic mass is 28.3. The highest BCUT2D eigenvalue weighted by Gasteiger charge is 2.13. The number of hydrogen-bond acceptors (Lipinski definition) is 0. The fourth-order valence-electron chi connectivity index (χ4n) is 2.12. The van der Waals surface area contributed by atoms with Gasteiger partial charge in [0.15, 0.2) is 0 Å². The maximum absolute atomic E-state index is 2.41. The van der Waals surface area contributed by atoms with Gasteiger partial charge in [0.1, 0.15) is 0 Å². The standard InChI is InChI=1S/C18H22Si/c1-19(2,3)15-18-13-11-17(12-14-18)10-9-16-7-5-4-6-8-16/h4-14H,15H2,1-3H3/b10-9+. The Hall–Kier alpha value is -1.60. The molecule has 0 aliphatic heterocycles. The zero-order valence-corrected chi connectivity index (χ0v) is 13.1. The molecule has 0 heterocycles. The Morgan fingerprint density at radius 1 is 0.737 bits per heavy atom. The number of hydrogen-bond donors (Lipinski definition) is 0. The number of rotatable bonds is 4. The summed E-state index contributed by atoms with van der Waals surface area (Å²) >= 11 is 0. The Kier molecular flexibility index (Phi) is 4.38. The van der Waals surface area contributed by atoms with E-state index in [1.165, 1.54) is 22.7 Å². The normalized spacial score (nSPS) is 11.9. The molecule has 0 saturated carbocycles. The van der Waals surface area contributed by atoms with E-state index in [1.807, 2.05) is 6.07 Å². The van der Waals surface area contributed by atoms with Gasteiger partial charge in [-0.1, -0.05) is 92.0 Å². The quantitative estimate of drug-likeness (QED) is 0.522. The first kappa shape index (κ1) is 13.8. The second kappa shape index (κ2) is 6.03. The Bertz CT molecular complexity index is 530. The molecule has 0 nitrogen and oxygen atoms in total. The van der Waals surface area contributed by atoms with E-state index in [0.717, 1.165) is 0 Å². The van der Waals surface area contributed by atoms with Crippen LogP contribution in [0.4, 0.5) is 0 Å². The largest absolute Gasteiger partial charge is 0.0693 e. The molecule has 0 radical (unpaired) electrons. The Morgan fingerprint density at radius 3 is 1.79 bits per heavy atom. The van der Waals surface area contributed by atoms with Crippen molar-refractivity contribution in [1.29, 1.82) is 0 Å². The molecule has 0 aromatic heterocycles. The third-order valence-electron chi connectivity index (χ3n) is 2.98. The molecule has 98 valence electrons. The van der Waals surface area contributed by atoms with Crippen LogP contribution < -0.4 is 0 Å². The second-order valence-corrected chi connectivity index (χ2v) is 11.7. The summed E-state index contributed by atoms with van der Waals surface area (Å²) in [7, 11) is -1.00. The third kappa shape index (κ3) is 4.88. The molecule has 2 rings (SSSR count). The van der Waals surface area contributed by atoms with Crippen molar-refractivity contribution in [1.82, 2.24) is 0 Å². The van der Waals surface area contributed by atoms with Crippen molar-refractivity contribution in [2.45, 2.75) is 25.7 Å². The second-order valence-electron chi connectivity index (χ2n) is 6.22. The fourth-order valence-corrected chi connectivity index (χ4v) is 3.58. The topological polar surface area (TPSA) is 0 Å². The molecule has 0 amide bonds. The minimum Gasteiger partial charge on any atom is -0.0693 e. The van der Waals surface area contributed by atoms with Crippen molar-refractivity contribution in [3.63, 3.8) is 0 Å². The van der Waals surface area contributed by atoms with E-state index in [0.29, 0.717) is 0 Å². The SMILES string of the molecule is C[Si](C)(C)Cc1ccc(/C=C/c2ccccc2)cc1. The lowest BCUT2D eigenvalue weighted by atomic mass is 10.1. The van der Waals surface area contributed by atoms with Gasteiger partial charge in [-0.2, -0.15) is 0 Å². The van der Waals surface area contributed by atoms with E-state index >= 15 is 0 Å². The summed E-state index contributed by atoms with van der Waals surface area (Å²) in [5.74, 6) is 0. The average molecular weight is 266 g/mol. The molecule has 1 heteroatoms. The molecular formula is C18H22Si. The molecule has 0 spiro atoms. The lowest BCUT2D eigenvalue weighted by Gasteiger charge is -2.15. The zero-order valence-electron chi connectivity index (χ0n) is 12.1. The molecule has 0 bridgehead atoms. The zero-order chi connectivity index (χ0) is 13.7. The van der Waals surface area contributed by atoms with Gasteiger partial charge in [0, 0.05) is 8.07 Å². The van der Waals surface area contributed by atoms with E-state index in [-0.39, 0.29) is 0 Å². The lowest BCUT2D eigenvalue weighted by molar-refractivity contribution is 1.31. The molecule has 0 atom stereocenters. The summed E-state index contributed by atoms with van der Waals surface area (Å²) in [6.45, 7) is 7.24. The maximum atomic E-state index is 2.41. The Balaban J connectivity index is 2.05. The van der Waals surface area contributed by atoms with Crippen molar-refractivity contribution in [3.05, 3.63) is 71.3 Å². The van der Waals surface area contributed by atoms with Crippen molar-refractivity contribution < 1.29 is 0 Å². The van der Waals surface area contributed by atoms with Crippen LogP contribution in [0.1, 0.15) is 16.7 Å². The van der Waals surface area contributed by atoms with Gasteiger partial charge in [-0.05, 0) is 17.2 Å². The summed E-state index contributed by atoms with van der Waals surface area (Å²) in [6, 6.07) is 20.6. The van der Waals surface area contributed by atoms with E-state index in [2.05, 4.69) is 80.3 Å². The molecule has 2 aromatic rings. The first-order chi connectivity index (χ1) is 9.03. The molecule has 0 saturated heterocycles. The predicted molar refractivity (Wildman–Crippen MR) is 88.9 cm³/mol. The summed E-state index contributed by atoms with van der Waals surface area (Å²) in [4.78, 5) is 0. The highest BCUT2D eigenvalue weighted by Crippen LogP contribution is 2.14. The summed E-state index contributed by atoms with van der Waals surface area (Å²) in [5, 5.41) is 0. The fraction of sp³-hybridized carbons (Fsp3) is 0.222. The van der Waals surface area contributed by atoms with Crippen LogP contribution >= 0.6 is 0 Å². The van der Waals surface area contributed by atoms with Gasteiger partial charge in [0.2, 0.25) is 0 Å². The summed E-state index contributed by atoms with van der Waals surface area (Å²) < 4.78 is 0. The average Bonchev–Trinajstić information content (AvgIpc) is 2.37. The van der Waals surface area contributed by atoms with Gasteiger partial charge in [-0.3, -0.25) is 0 Å². The van der Waals surface area contributed by atoms with Crippen LogP contribution in [0.3, 0.4) is 0 Å². The third-order valence-corrected chi connectivity index (χ3v) is 4.45. The maximum Gasteiger partial charge on any atom is 0.0487 e. The van der Waals surface area contributed by atoms with Gasteiger partial charge < -0.3 is 0 Å². The van der Waals surface area contributed by atoms with Gasteiger partial charge in [0.25, 0.3) is 0 Å². The van der Waals surface area contributed by atoms with Crippen LogP contribution in [0.5, 0.6) is 0 Å². The van der Waals surface area contributed by atoms with Crippen molar-refractivity contribution in [2.75, 3.05) is 0 Å². The van der Waals surface area contributed by atoms with Crippen molar-refractivity contribution in [2.24, 2.45) is 0 Å². The van der Waals surface area contributed by atoms with E-state index in [9.17, 15) is 0 Å². The minimum absolute atomic E-state index is 1.00. The van der Waals surface area contributed by atoms with Crippen LogP contribution in [0, 0.1) is 0 Å². The molecule has 2 aromatic carbocycles. The monoisotopic (exact) mass is 266 g/mol. The molecule has 0 fully saturated rings. The van der Waals surface area contributed by atoms with E-state index in [1.54, 1.807) is 0 Å². The van der Waals surface area contributed by atoms with Gasteiger partial charge in [0.05, 0.1) is 0 Å². The van der Waals surface area contributed by atoms with Crippen molar-refractivity contribution >= 4 is 20.2 Å². The van der Waals surface area contributed by atoms with Crippen LogP contribution in [-0.4, -0.2) is 8.07 Å². The van der Waals surface area contributed by atoms with Gasteiger partial charge >= 0.3 is 0 Å². The van der Waals surface area contributed by atoms with E-state index < -0.39 is 8.07 Å². The Morgan fingerprint density at radius 2 is 1.26 bits per heavy atom. The first-order valence-electron chi connectivity index (χ1n) is 6.85. The smallest absolute Gasteiger partial charge is 0.0487 e. The predicted octanol–water partition coefficient (Wildman–Crippen LogP) is 5.28. The van der Waals surface area contributed by atoms with E-state index in [4.69, 9.17) is 0 Å². The highest BCUT2D eigenvalue weighted by molar-refractivity contribution is 6.75. The van der Waals surface area contributed by atoms with Gasteiger partial charge in [-0.15, -0.1) is 0 Å². The first-order valence-corrected chi connectivity index (χ1v) is 10.6. The Labute approximate surface area is 117 Å². The van der Waals surface area contributed by atoms with Crippen LogP contribution in [0.15, 0.2) is 54.6 Å². The van der Waals surface area contributed by atoms with Crippen LogP contribution in [-0.2, 0) is 6.04 Å². The molecule has 0 aliphatic rings. The summed E-state index contributed by atoms with van der Waals surface area (Å²) in [5.41, 5.74) is 3.98. The molecular weight excluding hydrogens is 244 g/mol.